The van der Waals surface area contributed by atoms with Gasteiger partial charge in [-0.2, -0.15) is 0 Å². The normalized spacial score (nSPS) is 12.8. The van der Waals surface area contributed by atoms with Crippen molar-refractivity contribution in [1.82, 2.24) is 5.32 Å². The van der Waals surface area contributed by atoms with Crippen LogP contribution in [0.15, 0.2) is 24.3 Å². The van der Waals surface area contributed by atoms with Crippen LogP contribution in [0.5, 0.6) is 5.75 Å². The number of hydrogen-bond acceptors (Lipinski definition) is 2. The van der Waals surface area contributed by atoms with Crippen LogP contribution >= 0.6 is 0 Å². The molecule has 0 spiro atoms. The van der Waals surface area contributed by atoms with Crippen LogP contribution in [0.3, 0.4) is 0 Å². The summed E-state index contributed by atoms with van der Waals surface area (Å²) in [4.78, 5) is 0. The molecule has 0 aliphatic rings. The Morgan fingerprint density at radius 3 is 2.65 bits per heavy atom. The molecule has 1 N–H and O–H groups in total. The summed E-state index contributed by atoms with van der Waals surface area (Å²) in [5, 5.41) is 3.34. The van der Waals surface area contributed by atoms with Gasteiger partial charge in [-0.3, -0.25) is 0 Å². The number of hydrogen-bond donors (Lipinski definition) is 1. The maximum Gasteiger partial charge on any atom is 0.119 e. The second-order valence-corrected chi connectivity index (χ2v) is 4.75. The van der Waals surface area contributed by atoms with Gasteiger partial charge in [-0.15, -0.1) is 0 Å². The van der Waals surface area contributed by atoms with Crippen LogP contribution in [-0.2, 0) is 6.42 Å². The van der Waals surface area contributed by atoms with Crippen LogP contribution in [0.2, 0.25) is 0 Å². The second kappa shape index (κ2) is 7.33. The highest BCUT2D eigenvalue weighted by atomic mass is 16.5. The zero-order valence-electron chi connectivity index (χ0n) is 11.5. The Kier molecular flexibility index (Phi) is 6.06. The lowest BCUT2D eigenvalue weighted by molar-refractivity contribution is 0.242. The molecule has 0 aliphatic heterocycles. The molecule has 1 atom stereocenters. The molecular weight excluding hydrogens is 210 g/mol. The minimum atomic E-state index is 0.242. The zero-order valence-corrected chi connectivity index (χ0v) is 11.5. The summed E-state index contributed by atoms with van der Waals surface area (Å²) in [6.07, 6.45) is 3.71. The van der Waals surface area contributed by atoms with E-state index in [1.165, 1.54) is 18.4 Å². The molecule has 17 heavy (non-hydrogen) atoms. The molecule has 1 aromatic carbocycles. The first-order chi connectivity index (χ1) is 8.15. The third-order valence-corrected chi connectivity index (χ3v) is 2.95. The summed E-state index contributed by atoms with van der Waals surface area (Å²) in [7, 11) is 2.03. The number of aryl methyl sites for hydroxylation is 1. The monoisotopic (exact) mass is 235 g/mol. The maximum absolute atomic E-state index is 5.70. The topological polar surface area (TPSA) is 21.3 Å². The highest BCUT2D eigenvalue weighted by Crippen LogP contribution is 2.16. The largest absolute Gasteiger partial charge is 0.491 e. The molecule has 1 rings (SSSR count). The van der Waals surface area contributed by atoms with Crippen LogP contribution in [0.1, 0.15) is 39.2 Å². The maximum atomic E-state index is 5.70. The Labute approximate surface area is 105 Å². The van der Waals surface area contributed by atoms with E-state index in [-0.39, 0.29) is 6.10 Å². The van der Waals surface area contributed by atoms with Crippen LogP contribution < -0.4 is 10.1 Å². The Hall–Kier alpha value is -1.02. The van der Waals surface area contributed by atoms with E-state index in [2.05, 4.69) is 44.3 Å². The molecule has 0 amide bonds. The molecule has 2 heteroatoms. The van der Waals surface area contributed by atoms with Crippen molar-refractivity contribution in [3.05, 3.63) is 29.8 Å². The molecule has 1 unspecified atom stereocenters. The van der Waals surface area contributed by atoms with E-state index in [1.54, 1.807) is 0 Å². The molecule has 0 saturated carbocycles. The van der Waals surface area contributed by atoms with Crippen molar-refractivity contribution >= 4 is 0 Å². The molecule has 0 heterocycles. The van der Waals surface area contributed by atoms with Gasteiger partial charge in [-0.1, -0.05) is 19.1 Å². The van der Waals surface area contributed by atoms with Crippen molar-refractivity contribution in [2.24, 2.45) is 0 Å². The molecule has 0 aliphatic carbocycles. The van der Waals surface area contributed by atoms with Crippen LogP contribution in [0, 0.1) is 0 Å². The molecule has 0 aromatic heterocycles. The van der Waals surface area contributed by atoms with Gasteiger partial charge in [0.15, 0.2) is 0 Å². The van der Waals surface area contributed by atoms with Gasteiger partial charge in [-0.25, -0.2) is 0 Å². The van der Waals surface area contributed by atoms with E-state index in [1.807, 2.05) is 13.1 Å². The quantitative estimate of drug-likeness (QED) is 0.782. The summed E-state index contributed by atoms with van der Waals surface area (Å²) >= 11 is 0. The summed E-state index contributed by atoms with van der Waals surface area (Å²) in [5.41, 5.74) is 1.36. The van der Waals surface area contributed by atoms with Gasteiger partial charge in [0, 0.05) is 6.04 Å². The number of ether oxygens (including phenoxy) is 1. The zero-order chi connectivity index (χ0) is 12.7. The number of nitrogens with one attached hydrogen (secondary N) is 1. The number of benzene rings is 1. The van der Waals surface area contributed by atoms with E-state index in [0.29, 0.717) is 6.04 Å². The van der Waals surface area contributed by atoms with E-state index >= 15 is 0 Å². The van der Waals surface area contributed by atoms with Gasteiger partial charge >= 0.3 is 0 Å². The third-order valence-electron chi connectivity index (χ3n) is 2.95. The lowest BCUT2D eigenvalue weighted by Crippen LogP contribution is -2.24. The van der Waals surface area contributed by atoms with Crippen molar-refractivity contribution in [2.75, 3.05) is 7.05 Å². The molecular formula is C15H25NO. The van der Waals surface area contributed by atoms with E-state index in [0.717, 1.165) is 12.2 Å². The average Bonchev–Trinajstić information content (AvgIpc) is 2.30. The minimum Gasteiger partial charge on any atom is -0.491 e. The van der Waals surface area contributed by atoms with E-state index in [9.17, 15) is 0 Å². The fourth-order valence-corrected chi connectivity index (χ4v) is 1.94. The van der Waals surface area contributed by atoms with Crippen molar-refractivity contribution in [3.63, 3.8) is 0 Å². The summed E-state index contributed by atoms with van der Waals surface area (Å²) < 4.78 is 5.70. The predicted octanol–water partition coefficient (Wildman–Crippen LogP) is 3.40. The Bertz CT molecular complexity index is 318. The summed E-state index contributed by atoms with van der Waals surface area (Å²) in [6.45, 7) is 6.33. The molecule has 0 saturated heterocycles. The van der Waals surface area contributed by atoms with Gasteiger partial charge in [0.2, 0.25) is 0 Å². The molecule has 1 aromatic rings. The van der Waals surface area contributed by atoms with Crippen LogP contribution in [0.25, 0.3) is 0 Å². The SMILES string of the molecule is CCC(CCc1cccc(OC(C)C)c1)NC. The molecule has 0 bridgehead atoms. The smallest absolute Gasteiger partial charge is 0.119 e. The van der Waals surface area contributed by atoms with E-state index < -0.39 is 0 Å². The lowest BCUT2D eigenvalue weighted by atomic mass is 10.0. The van der Waals surface area contributed by atoms with Crippen LogP contribution in [0.4, 0.5) is 0 Å². The first-order valence-corrected chi connectivity index (χ1v) is 6.58. The van der Waals surface area contributed by atoms with Gasteiger partial charge in [0.1, 0.15) is 5.75 Å². The van der Waals surface area contributed by atoms with Gasteiger partial charge in [0.05, 0.1) is 6.10 Å². The number of rotatable bonds is 7. The Morgan fingerprint density at radius 1 is 1.29 bits per heavy atom. The standard InChI is InChI=1S/C15H25NO/c1-5-14(16-4)10-9-13-7-6-8-15(11-13)17-12(2)3/h6-8,11-12,14,16H,5,9-10H2,1-4H3. The lowest BCUT2D eigenvalue weighted by Gasteiger charge is -2.14. The average molecular weight is 235 g/mol. The highest BCUT2D eigenvalue weighted by Gasteiger charge is 2.04. The first kappa shape index (κ1) is 14.0. The fraction of sp³-hybridized carbons (Fsp3) is 0.600. The molecule has 96 valence electrons. The Balaban J connectivity index is 2.53. The van der Waals surface area contributed by atoms with Crippen molar-refractivity contribution in [1.29, 1.82) is 0 Å². The molecule has 0 fully saturated rings. The van der Waals surface area contributed by atoms with Gasteiger partial charge in [0.25, 0.3) is 0 Å². The molecule has 2 nitrogen and oxygen atoms in total. The Morgan fingerprint density at radius 2 is 2.06 bits per heavy atom. The van der Waals surface area contributed by atoms with Crippen LogP contribution in [-0.4, -0.2) is 19.2 Å². The fourth-order valence-electron chi connectivity index (χ4n) is 1.94. The third kappa shape index (κ3) is 5.22. The van der Waals surface area contributed by atoms with Gasteiger partial charge in [-0.05, 0) is 57.9 Å². The molecule has 0 radical (unpaired) electrons. The second-order valence-electron chi connectivity index (χ2n) is 4.75. The van der Waals surface area contributed by atoms with Gasteiger partial charge < -0.3 is 10.1 Å². The summed E-state index contributed by atoms with van der Waals surface area (Å²) in [5.74, 6) is 0.981. The van der Waals surface area contributed by atoms with Crippen molar-refractivity contribution in [3.8, 4) is 5.75 Å². The van der Waals surface area contributed by atoms with Crippen molar-refractivity contribution < 1.29 is 4.74 Å². The summed E-state index contributed by atoms with van der Waals surface area (Å²) in [6, 6.07) is 9.05. The highest BCUT2D eigenvalue weighted by molar-refractivity contribution is 5.28. The van der Waals surface area contributed by atoms with Crippen molar-refractivity contribution in [2.45, 2.75) is 52.2 Å². The minimum absolute atomic E-state index is 0.242. The van der Waals surface area contributed by atoms with E-state index in [4.69, 9.17) is 4.74 Å². The predicted molar refractivity (Wildman–Crippen MR) is 73.7 cm³/mol. The first-order valence-electron chi connectivity index (χ1n) is 6.58.